The quantitative estimate of drug-likeness (QED) is 0.371. The molecule has 176 valence electrons. The van der Waals surface area contributed by atoms with Crippen molar-refractivity contribution in [3.8, 4) is 5.75 Å². The van der Waals surface area contributed by atoms with Crippen molar-refractivity contribution in [1.29, 1.82) is 0 Å². The fourth-order valence-corrected chi connectivity index (χ4v) is 5.47. The van der Waals surface area contributed by atoms with Crippen LogP contribution in [0.5, 0.6) is 5.75 Å². The molecule has 5 rings (SSSR count). The van der Waals surface area contributed by atoms with Gasteiger partial charge in [-0.25, -0.2) is 4.90 Å². The Kier molecular flexibility index (Phi) is 5.90. The van der Waals surface area contributed by atoms with Crippen molar-refractivity contribution >= 4 is 46.7 Å². The maximum absolute atomic E-state index is 13.0. The van der Waals surface area contributed by atoms with Gasteiger partial charge in [-0.3, -0.25) is 19.2 Å². The zero-order chi connectivity index (χ0) is 24.0. The molecule has 1 aliphatic carbocycles. The molecule has 0 radical (unpaired) electrons. The number of nitrogens with zero attached hydrogens (tertiary/aromatic N) is 2. The Bertz CT molecular complexity index is 1180. The van der Waals surface area contributed by atoms with Gasteiger partial charge >= 0.3 is 5.97 Å². The number of rotatable bonds is 4. The molecule has 2 aromatic carbocycles. The fraction of sp³-hybridized carbons (Fsp3) is 0.385. The highest BCUT2D eigenvalue weighted by molar-refractivity contribution is 6.31. The van der Waals surface area contributed by atoms with E-state index in [1.807, 2.05) is 0 Å². The van der Waals surface area contributed by atoms with Crippen LogP contribution in [0.25, 0.3) is 0 Å². The molecule has 0 aromatic heterocycles. The third-order valence-corrected chi connectivity index (χ3v) is 7.30. The van der Waals surface area contributed by atoms with E-state index in [0.717, 1.165) is 19.3 Å². The Labute approximate surface area is 202 Å². The second-order valence-electron chi connectivity index (χ2n) is 9.45. The zero-order valence-corrected chi connectivity index (χ0v) is 19.5. The second-order valence-corrected chi connectivity index (χ2v) is 9.88. The van der Waals surface area contributed by atoms with Gasteiger partial charge in [0.05, 0.1) is 23.4 Å². The second kappa shape index (κ2) is 8.87. The molecule has 3 amide bonds. The van der Waals surface area contributed by atoms with E-state index in [0.29, 0.717) is 22.3 Å². The van der Waals surface area contributed by atoms with Gasteiger partial charge in [0.1, 0.15) is 5.75 Å². The molecule has 2 aliphatic heterocycles. The largest absolute Gasteiger partial charge is 0.426 e. The summed E-state index contributed by atoms with van der Waals surface area (Å²) < 4.78 is 5.57. The number of hydrogen-bond donors (Lipinski definition) is 0. The van der Waals surface area contributed by atoms with Crippen molar-refractivity contribution in [2.24, 2.45) is 23.7 Å². The van der Waals surface area contributed by atoms with E-state index in [1.54, 1.807) is 48.5 Å². The molecule has 4 atom stereocenters. The summed E-state index contributed by atoms with van der Waals surface area (Å²) in [4.78, 5) is 54.1. The first-order valence-electron chi connectivity index (χ1n) is 11.6. The smallest absolute Gasteiger partial charge is 0.316 e. The van der Waals surface area contributed by atoms with E-state index in [4.69, 9.17) is 16.3 Å². The Balaban J connectivity index is 1.29. The van der Waals surface area contributed by atoms with Crippen LogP contribution in [0.1, 0.15) is 32.6 Å². The van der Waals surface area contributed by atoms with Crippen LogP contribution in [0.2, 0.25) is 5.02 Å². The van der Waals surface area contributed by atoms with Gasteiger partial charge in [-0.15, -0.1) is 0 Å². The van der Waals surface area contributed by atoms with Crippen LogP contribution in [-0.4, -0.2) is 30.2 Å². The van der Waals surface area contributed by atoms with Gasteiger partial charge in [0, 0.05) is 29.7 Å². The summed E-state index contributed by atoms with van der Waals surface area (Å²) in [5, 5.41) is 0.508. The average Bonchev–Trinajstić information content (AvgIpc) is 3.31. The van der Waals surface area contributed by atoms with E-state index in [1.165, 1.54) is 9.80 Å². The number of carbonyl (C=O) groups is 4. The molecule has 7 nitrogen and oxygen atoms in total. The fourth-order valence-electron chi connectivity index (χ4n) is 5.29. The van der Waals surface area contributed by atoms with E-state index in [9.17, 15) is 19.2 Å². The maximum atomic E-state index is 13.0. The lowest BCUT2D eigenvalue weighted by Gasteiger charge is -2.25. The minimum Gasteiger partial charge on any atom is -0.426 e. The highest BCUT2D eigenvalue weighted by Crippen LogP contribution is 2.42. The third-order valence-electron chi connectivity index (χ3n) is 7.06. The monoisotopic (exact) mass is 480 g/mol. The minimum absolute atomic E-state index is 0.0374. The highest BCUT2D eigenvalue weighted by atomic mass is 35.5. The summed E-state index contributed by atoms with van der Waals surface area (Å²) in [6.07, 6.45) is 2.42. The zero-order valence-electron chi connectivity index (χ0n) is 18.8. The normalized spacial score (nSPS) is 26.7. The average molecular weight is 481 g/mol. The van der Waals surface area contributed by atoms with E-state index < -0.39 is 11.9 Å². The number of fused-ring (bicyclic) bond motifs is 1. The van der Waals surface area contributed by atoms with Gasteiger partial charge in [-0.1, -0.05) is 30.7 Å². The highest BCUT2D eigenvalue weighted by Gasteiger charge is 2.50. The number of amides is 3. The number of halogens is 1. The van der Waals surface area contributed by atoms with Gasteiger partial charge in [0.15, 0.2) is 0 Å². The van der Waals surface area contributed by atoms with Gasteiger partial charge in [-0.2, -0.15) is 0 Å². The van der Waals surface area contributed by atoms with Gasteiger partial charge < -0.3 is 9.64 Å². The summed E-state index contributed by atoms with van der Waals surface area (Å²) in [6, 6.07) is 13.4. The molecule has 8 heteroatoms. The van der Waals surface area contributed by atoms with Crippen LogP contribution in [0.15, 0.2) is 48.5 Å². The van der Waals surface area contributed by atoms with Gasteiger partial charge in [0.25, 0.3) is 0 Å². The first-order chi connectivity index (χ1) is 16.3. The Hall–Kier alpha value is -3.19. The Morgan fingerprint density at radius 2 is 1.71 bits per heavy atom. The lowest BCUT2D eigenvalue weighted by atomic mass is 9.76. The molecular weight excluding hydrogens is 456 g/mol. The van der Waals surface area contributed by atoms with E-state index in [-0.39, 0.29) is 48.3 Å². The van der Waals surface area contributed by atoms with Crippen LogP contribution >= 0.6 is 11.6 Å². The number of imide groups is 1. The molecule has 0 unspecified atom stereocenters. The number of esters is 1. The maximum Gasteiger partial charge on any atom is 0.316 e. The molecule has 1 saturated carbocycles. The SMILES string of the molecule is C[C@@H]1CC[C@@H]2C(=O)N(c3cccc(OC(=O)[C@@H]4CC(=O)N(c5cccc(Cl)c5)C4)c3)C(=O)[C@H]2C1. The summed E-state index contributed by atoms with van der Waals surface area (Å²) in [6.45, 7) is 2.31. The molecule has 0 bridgehead atoms. The standard InChI is InChI=1S/C26H25ClN2O5/c1-15-8-9-21-22(10-15)25(32)29(24(21)31)19-6-3-7-20(13-19)34-26(33)16-11-23(30)28(14-16)18-5-2-4-17(27)12-18/h2-7,12-13,15-16,21-22H,8-11,14H2,1H3/t15-,16-,21+,22+/m1/s1. The number of benzene rings is 2. The summed E-state index contributed by atoms with van der Waals surface area (Å²) in [7, 11) is 0. The van der Waals surface area contributed by atoms with Gasteiger partial charge in [0.2, 0.25) is 17.7 Å². The predicted octanol–water partition coefficient (Wildman–Crippen LogP) is 4.22. The lowest BCUT2D eigenvalue weighted by Crippen LogP contribution is -2.31. The summed E-state index contributed by atoms with van der Waals surface area (Å²) in [5.74, 6) is -1.58. The van der Waals surface area contributed by atoms with Crippen LogP contribution < -0.4 is 14.5 Å². The summed E-state index contributed by atoms with van der Waals surface area (Å²) in [5.41, 5.74) is 1.04. The van der Waals surface area contributed by atoms with Crippen LogP contribution in [0, 0.1) is 23.7 Å². The Morgan fingerprint density at radius 1 is 0.971 bits per heavy atom. The van der Waals surface area contributed by atoms with Crippen molar-refractivity contribution in [2.75, 3.05) is 16.3 Å². The molecule has 34 heavy (non-hydrogen) atoms. The van der Waals surface area contributed by atoms with Crippen LogP contribution in [0.3, 0.4) is 0 Å². The van der Waals surface area contributed by atoms with E-state index in [2.05, 4.69) is 6.92 Å². The third kappa shape index (κ3) is 4.09. The van der Waals surface area contributed by atoms with Crippen molar-refractivity contribution in [2.45, 2.75) is 32.6 Å². The first kappa shape index (κ1) is 22.6. The minimum atomic E-state index is -0.630. The van der Waals surface area contributed by atoms with Crippen LogP contribution in [-0.2, 0) is 19.2 Å². The lowest BCUT2D eigenvalue weighted by molar-refractivity contribution is -0.139. The predicted molar refractivity (Wildman–Crippen MR) is 126 cm³/mol. The van der Waals surface area contributed by atoms with E-state index >= 15 is 0 Å². The van der Waals surface area contributed by atoms with Crippen molar-refractivity contribution < 1.29 is 23.9 Å². The first-order valence-corrected chi connectivity index (χ1v) is 11.9. The molecule has 3 aliphatic rings. The van der Waals surface area contributed by atoms with Crippen molar-refractivity contribution in [1.82, 2.24) is 0 Å². The molecule has 2 saturated heterocycles. The summed E-state index contributed by atoms with van der Waals surface area (Å²) >= 11 is 6.03. The van der Waals surface area contributed by atoms with Crippen molar-refractivity contribution in [3.63, 3.8) is 0 Å². The molecule has 2 aromatic rings. The Morgan fingerprint density at radius 3 is 2.50 bits per heavy atom. The number of carbonyl (C=O) groups excluding carboxylic acids is 4. The van der Waals surface area contributed by atoms with Crippen LogP contribution in [0.4, 0.5) is 11.4 Å². The molecule has 2 heterocycles. The molecular formula is C26H25ClN2O5. The molecule has 0 spiro atoms. The topological polar surface area (TPSA) is 84.0 Å². The van der Waals surface area contributed by atoms with Gasteiger partial charge in [-0.05, 0) is 55.5 Å². The number of ether oxygens (including phenoxy) is 1. The molecule has 3 fully saturated rings. The van der Waals surface area contributed by atoms with Crippen molar-refractivity contribution in [3.05, 3.63) is 53.6 Å². The molecule has 0 N–H and O–H groups in total. The number of anilines is 2. The number of hydrogen-bond acceptors (Lipinski definition) is 5.